The van der Waals surface area contributed by atoms with Gasteiger partial charge in [-0.05, 0) is 31.7 Å². The van der Waals surface area contributed by atoms with E-state index in [1.807, 2.05) is 13.8 Å². The van der Waals surface area contributed by atoms with Crippen LogP contribution in [-0.2, 0) is 17.4 Å². The first kappa shape index (κ1) is 18.2. The van der Waals surface area contributed by atoms with Gasteiger partial charge in [0.2, 0.25) is 5.91 Å². The molecule has 0 aliphatic carbocycles. The SMILES string of the molecule is Cc1nc2nc(C(F)(F)F)nn2c(C)c1CCC(=O)NCC(C)C. The lowest BCUT2D eigenvalue weighted by Crippen LogP contribution is -2.27. The molecule has 2 aromatic rings. The Morgan fingerprint density at radius 2 is 1.92 bits per heavy atom. The van der Waals surface area contributed by atoms with E-state index in [0.717, 1.165) is 4.52 Å². The van der Waals surface area contributed by atoms with E-state index < -0.39 is 12.0 Å². The molecule has 0 bridgehead atoms. The monoisotopic (exact) mass is 343 g/mol. The van der Waals surface area contributed by atoms with Gasteiger partial charge in [0.1, 0.15) is 0 Å². The lowest BCUT2D eigenvalue weighted by Gasteiger charge is -2.11. The number of amides is 1. The Labute approximate surface area is 137 Å². The fraction of sp³-hybridized carbons (Fsp3) is 0.600. The summed E-state index contributed by atoms with van der Waals surface area (Å²) in [5.74, 6) is -1.06. The van der Waals surface area contributed by atoms with Gasteiger partial charge in [0.05, 0.1) is 0 Å². The smallest absolute Gasteiger partial charge is 0.356 e. The molecular formula is C15H20F3N5O. The van der Waals surface area contributed by atoms with E-state index in [9.17, 15) is 18.0 Å². The van der Waals surface area contributed by atoms with Crippen LogP contribution in [0.15, 0.2) is 0 Å². The van der Waals surface area contributed by atoms with Crippen LogP contribution in [0, 0.1) is 19.8 Å². The molecule has 0 aliphatic rings. The molecule has 1 N–H and O–H groups in total. The molecule has 0 saturated heterocycles. The minimum Gasteiger partial charge on any atom is -0.356 e. The highest BCUT2D eigenvalue weighted by Crippen LogP contribution is 2.27. The molecule has 2 rings (SSSR count). The van der Waals surface area contributed by atoms with Crippen LogP contribution in [0.1, 0.15) is 43.0 Å². The van der Waals surface area contributed by atoms with E-state index in [2.05, 4.69) is 20.4 Å². The number of hydrogen-bond donors (Lipinski definition) is 1. The van der Waals surface area contributed by atoms with Crippen LogP contribution in [0.3, 0.4) is 0 Å². The number of halogens is 3. The maximum atomic E-state index is 12.7. The van der Waals surface area contributed by atoms with Crippen LogP contribution < -0.4 is 5.32 Å². The molecule has 0 fully saturated rings. The highest BCUT2D eigenvalue weighted by molar-refractivity contribution is 5.76. The van der Waals surface area contributed by atoms with Crippen molar-refractivity contribution in [3.63, 3.8) is 0 Å². The van der Waals surface area contributed by atoms with Crippen LogP contribution in [0.2, 0.25) is 0 Å². The maximum Gasteiger partial charge on any atom is 0.453 e. The van der Waals surface area contributed by atoms with Gasteiger partial charge in [-0.2, -0.15) is 18.2 Å². The van der Waals surface area contributed by atoms with E-state index in [0.29, 0.717) is 35.8 Å². The van der Waals surface area contributed by atoms with Gasteiger partial charge in [-0.1, -0.05) is 13.8 Å². The third-order valence-electron chi connectivity index (χ3n) is 3.61. The van der Waals surface area contributed by atoms with Crippen molar-refractivity contribution in [3.05, 3.63) is 22.8 Å². The van der Waals surface area contributed by atoms with Crippen molar-refractivity contribution in [3.8, 4) is 0 Å². The zero-order valence-electron chi connectivity index (χ0n) is 14.0. The maximum absolute atomic E-state index is 12.7. The van der Waals surface area contributed by atoms with Gasteiger partial charge in [-0.25, -0.2) is 9.50 Å². The van der Waals surface area contributed by atoms with Crippen LogP contribution in [0.5, 0.6) is 0 Å². The Kier molecular flexibility index (Phi) is 5.10. The Morgan fingerprint density at radius 1 is 1.25 bits per heavy atom. The Hall–Kier alpha value is -2.19. The summed E-state index contributed by atoms with van der Waals surface area (Å²) in [6, 6.07) is 0. The van der Waals surface area contributed by atoms with Gasteiger partial charge >= 0.3 is 6.18 Å². The predicted molar refractivity (Wildman–Crippen MR) is 81.4 cm³/mol. The van der Waals surface area contributed by atoms with Crippen LogP contribution >= 0.6 is 0 Å². The van der Waals surface area contributed by atoms with Gasteiger partial charge in [0.25, 0.3) is 11.6 Å². The zero-order valence-corrected chi connectivity index (χ0v) is 14.0. The van der Waals surface area contributed by atoms with Crippen molar-refractivity contribution < 1.29 is 18.0 Å². The van der Waals surface area contributed by atoms with Crippen LogP contribution in [0.25, 0.3) is 5.78 Å². The minimum atomic E-state index is -4.62. The van der Waals surface area contributed by atoms with E-state index in [1.165, 1.54) is 0 Å². The van der Waals surface area contributed by atoms with Crippen molar-refractivity contribution in [2.24, 2.45) is 5.92 Å². The highest BCUT2D eigenvalue weighted by Gasteiger charge is 2.36. The summed E-state index contributed by atoms with van der Waals surface area (Å²) in [5, 5.41) is 6.30. The lowest BCUT2D eigenvalue weighted by atomic mass is 10.1. The molecule has 0 atom stereocenters. The second kappa shape index (κ2) is 6.74. The number of alkyl halides is 3. The van der Waals surface area contributed by atoms with Gasteiger partial charge in [-0.15, -0.1) is 5.10 Å². The molecule has 1 amide bonds. The van der Waals surface area contributed by atoms with Crippen molar-refractivity contribution in [2.45, 2.75) is 46.7 Å². The molecule has 0 aliphatic heterocycles. The van der Waals surface area contributed by atoms with Crippen LogP contribution in [-0.4, -0.2) is 32.0 Å². The molecule has 0 spiro atoms. The van der Waals surface area contributed by atoms with Crippen molar-refractivity contribution in [1.82, 2.24) is 24.9 Å². The summed E-state index contributed by atoms with van der Waals surface area (Å²) in [6.45, 7) is 7.92. The first-order valence-corrected chi connectivity index (χ1v) is 7.66. The average molecular weight is 343 g/mol. The second-order valence-corrected chi connectivity index (χ2v) is 6.10. The molecule has 0 radical (unpaired) electrons. The largest absolute Gasteiger partial charge is 0.453 e. The van der Waals surface area contributed by atoms with E-state index in [4.69, 9.17) is 0 Å². The number of nitrogens with zero attached hydrogens (tertiary/aromatic N) is 4. The van der Waals surface area contributed by atoms with Gasteiger partial charge in [0.15, 0.2) is 0 Å². The summed E-state index contributed by atoms with van der Waals surface area (Å²) < 4.78 is 39.3. The normalized spacial score (nSPS) is 12.2. The number of aryl methyl sites for hydroxylation is 2. The summed E-state index contributed by atoms with van der Waals surface area (Å²) in [6.07, 6.45) is -4.00. The first-order chi connectivity index (χ1) is 11.1. The molecule has 2 aromatic heterocycles. The molecule has 132 valence electrons. The molecule has 0 unspecified atom stereocenters. The molecule has 6 nitrogen and oxygen atoms in total. The lowest BCUT2D eigenvalue weighted by molar-refractivity contribution is -0.144. The van der Waals surface area contributed by atoms with Crippen molar-refractivity contribution in [1.29, 1.82) is 0 Å². The third kappa shape index (κ3) is 4.01. The molecule has 9 heteroatoms. The third-order valence-corrected chi connectivity index (χ3v) is 3.61. The van der Waals surface area contributed by atoms with E-state index in [-0.39, 0.29) is 18.1 Å². The Morgan fingerprint density at radius 3 is 2.50 bits per heavy atom. The van der Waals surface area contributed by atoms with Gasteiger partial charge in [-0.3, -0.25) is 4.79 Å². The predicted octanol–water partition coefficient (Wildman–Crippen LogP) is 2.46. The minimum absolute atomic E-state index is 0.0923. The topological polar surface area (TPSA) is 72.2 Å². The second-order valence-electron chi connectivity index (χ2n) is 6.10. The standard InChI is InChI=1S/C15H20F3N5O/c1-8(2)7-19-12(24)6-5-11-9(3)20-14-21-13(15(16,17)18)22-23(14)10(11)4/h8H,5-7H2,1-4H3,(H,19,24). The number of rotatable bonds is 5. The molecule has 24 heavy (non-hydrogen) atoms. The van der Waals surface area contributed by atoms with E-state index >= 15 is 0 Å². The fourth-order valence-electron chi connectivity index (χ4n) is 2.34. The van der Waals surface area contributed by atoms with Gasteiger partial charge < -0.3 is 5.32 Å². The number of aromatic nitrogens is 4. The average Bonchev–Trinajstić information content (AvgIpc) is 2.89. The summed E-state index contributed by atoms with van der Waals surface area (Å²) >= 11 is 0. The number of hydrogen-bond acceptors (Lipinski definition) is 4. The van der Waals surface area contributed by atoms with Crippen molar-refractivity contribution >= 4 is 11.7 Å². The molecular weight excluding hydrogens is 323 g/mol. The Bertz CT molecular complexity index is 752. The number of carbonyl (C=O) groups is 1. The number of fused-ring (bicyclic) bond motifs is 1. The molecule has 2 heterocycles. The van der Waals surface area contributed by atoms with E-state index in [1.54, 1.807) is 13.8 Å². The van der Waals surface area contributed by atoms with Crippen LogP contribution in [0.4, 0.5) is 13.2 Å². The summed E-state index contributed by atoms with van der Waals surface area (Å²) in [4.78, 5) is 19.3. The first-order valence-electron chi connectivity index (χ1n) is 7.66. The molecule has 0 saturated carbocycles. The quantitative estimate of drug-likeness (QED) is 0.905. The Balaban J connectivity index is 2.23. The molecule has 0 aromatic carbocycles. The zero-order chi connectivity index (χ0) is 18.1. The van der Waals surface area contributed by atoms with Crippen molar-refractivity contribution in [2.75, 3.05) is 6.54 Å². The van der Waals surface area contributed by atoms with Gasteiger partial charge in [0, 0.05) is 24.4 Å². The summed E-state index contributed by atoms with van der Waals surface area (Å²) in [7, 11) is 0. The summed E-state index contributed by atoms with van der Waals surface area (Å²) in [5.41, 5.74) is 1.77. The number of carbonyl (C=O) groups excluding carboxylic acids is 1. The fourth-order valence-corrected chi connectivity index (χ4v) is 2.34. The number of nitrogens with one attached hydrogen (secondary N) is 1. The highest BCUT2D eigenvalue weighted by atomic mass is 19.4.